The van der Waals surface area contributed by atoms with E-state index in [0.29, 0.717) is 6.04 Å². The maximum absolute atomic E-state index is 12.7. The van der Waals surface area contributed by atoms with Crippen molar-refractivity contribution in [3.8, 4) is 5.75 Å². The third-order valence-electron chi connectivity index (χ3n) is 5.42. The zero-order chi connectivity index (χ0) is 18.6. The van der Waals surface area contributed by atoms with Crippen molar-refractivity contribution in [2.24, 2.45) is 5.92 Å². The Hall–Kier alpha value is -2.40. The molecule has 2 aliphatic rings. The Morgan fingerprint density at radius 2 is 1.89 bits per heavy atom. The summed E-state index contributed by atoms with van der Waals surface area (Å²) in [6, 6.07) is 14.1. The number of pyridine rings is 1. The summed E-state index contributed by atoms with van der Waals surface area (Å²) in [6.45, 7) is 5.48. The van der Waals surface area contributed by atoms with E-state index in [-0.39, 0.29) is 5.91 Å². The summed E-state index contributed by atoms with van der Waals surface area (Å²) in [4.78, 5) is 21.2. The first-order valence-electron chi connectivity index (χ1n) is 9.82. The first kappa shape index (κ1) is 18.0. The molecule has 1 aromatic heterocycles. The van der Waals surface area contributed by atoms with Crippen LogP contribution < -0.4 is 4.74 Å². The van der Waals surface area contributed by atoms with Crippen LogP contribution in [0.4, 0.5) is 0 Å². The largest absolute Gasteiger partial charge is 0.481 e. The number of ether oxygens (including phenoxy) is 1. The first-order chi connectivity index (χ1) is 13.2. The Kier molecular flexibility index (Phi) is 5.39. The van der Waals surface area contributed by atoms with Gasteiger partial charge in [-0.15, -0.1) is 0 Å². The summed E-state index contributed by atoms with van der Waals surface area (Å²) in [5.74, 6) is 1.64. The van der Waals surface area contributed by atoms with Gasteiger partial charge in [-0.05, 0) is 55.5 Å². The topological polar surface area (TPSA) is 45.7 Å². The van der Waals surface area contributed by atoms with Gasteiger partial charge in [0.05, 0.1) is 0 Å². The second-order valence-electron chi connectivity index (χ2n) is 7.70. The van der Waals surface area contributed by atoms with E-state index in [1.807, 2.05) is 54.5 Å². The highest BCUT2D eigenvalue weighted by Gasteiger charge is 2.38. The summed E-state index contributed by atoms with van der Waals surface area (Å²) >= 11 is 0. The van der Waals surface area contributed by atoms with E-state index >= 15 is 0 Å². The van der Waals surface area contributed by atoms with Crippen molar-refractivity contribution in [1.29, 1.82) is 0 Å². The van der Waals surface area contributed by atoms with Crippen LogP contribution in [0.1, 0.15) is 25.3 Å². The van der Waals surface area contributed by atoms with Crippen molar-refractivity contribution in [1.82, 2.24) is 14.8 Å². The van der Waals surface area contributed by atoms with Crippen LogP contribution in [0.2, 0.25) is 0 Å². The molecule has 27 heavy (non-hydrogen) atoms. The van der Waals surface area contributed by atoms with Gasteiger partial charge in [-0.1, -0.05) is 18.2 Å². The van der Waals surface area contributed by atoms with E-state index in [2.05, 4.69) is 22.0 Å². The fourth-order valence-corrected chi connectivity index (χ4v) is 3.57. The van der Waals surface area contributed by atoms with Crippen LogP contribution in [-0.2, 0) is 11.3 Å². The molecule has 1 aromatic carbocycles. The number of hydrogen-bond acceptors (Lipinski definition) is 4. The van der Waals surface area contributed by atoms with Gasteiger partial charge < -0.3 is 9.64 Å². The average Bonchev–Trinajstić information content (AvgIpc) is 3.46. The zero-order valence-electron chi connectivity index (χ0n) is 15.8. The zero-order valence-corrected chi connectivity index (χ0v) is 15.8. The molecule has 142 valence electrons. The van der Waals surface area contributed by atoms with Gasteiger partial charge in [0, 0.05) is 44.6 Å². The van der Waals surface area contributed by atoms with E-state index in [4.69, 9.17) is 4.74 Å². The lowest BCUT2D eigenvalue weighted by atomic mass is 10.0. The number of benzene rings is 1. The van der Waals surface area contributed by atoms with Crippen LogP contribution in [0.15, 0.2) is 54.9 Å². The third kappa shape index (κ3) is 4.66. The second-order valence-corrected chi connectivity index (χ2v) is 7.70. The minimum absolute atomic E-state index is 0.0744. The van der Waals surface area contributed by atoms with Gasteiger partial charge in [0.2, 0.25) is 0 Å². The smallest absolute Gasteiger partial charge is 0.263 e. The Morgan fingerprint density at radius 1 is 1.19 bits per heavy atom. The van der Waals surface area contributed by atoms with Gasteiger partial charge in [-0.2, -0.15) is 0 Å². The van der Waals surface area contributed by atoms with Crippen molar-refractivity contribution in [3.63, 3.8) is 0 Å². The molecule has 2 fully saturated rings. The summed E-state index contributed by atoms with van der Waals surface area (Å²) in [7, 11) is 0. The SMILES string of the molecule is CC(Oc1ccccc1)C(=O)N1CC(N(Cc2ccncc2)CC2CC2)C1. The van der Waals surface area contributed by atoms with Gasteiger partial charge >= 0.3 is 0 Å². The number of aromatic nitrogens is 1. The van der Waals surface area contributed by atoms with Crippen molar-refractivity contribution < 1.29 is 9.53 Å². The lowest BCUT2D eigenvalue weighted by Gasteiger charge is -2.46. The quantitative estimate of drug-likeness (QED) is 0.722. The fraction of sp³-hybridized carbons (Fsp3) is 0.455. The van der Waals surface area contributed by atoms with Crippen LogP contribution in [0.25, 0.3) is 0 Å². The van der Waals surface area contributed by atoms with E-state index in [1.54, 1.807) is 0 Å². The molecule has 1 saturated carbocycles. The number of hydrogen-bond donors (Lipinski definition) is 0. The van der Waals surface area contributed by atoms with E-state index < -0.39 is 6.10 Å². The maximum Gasteiger partial charge on any atom is 0.263 e. The normalized spacial score (nSPS) is 18.2. The Balaban J connectivity index is 1.31. The van der Waals surface area contributed by atoms with Crippen molar-refractivity contribution >= 4 is 5.91 Å². The van der Waals surface area contributed by atoms with Crippen LogP contribution in [0.5, 0.6) is 5.75 Å². The highest BCUT2D eigenvalue weighted by Crippen LogP contribution is 2.32. The van der Waals surface area contributed by atoms with Gasteiger partial charge in [-0.3, -0.25) is 14.7 Å². The van der Waals surface area contributed by atoms with Gasteiger partial charge in [0.1, 0.15) is 5.75 Å². The Bertz CT molecular complexity index is 743. The van der Waals surface area contributed by atoms with Gasteiger partial charge in [0.15, 0.2) is 6.10 Å². The van der Waals surface area contributed by atoms with Crippen LogP contribution >= 0.6 is 0 Å². The molecule has 1 aliphatic heterocycles. The number of amides is 1. The number of nitrogens with zero attached hydrogens (tertiary/aromatic N) is 3. The molecular formula is C22H27N3O2. The number of para-hydroxylation sites is 1. The molecule has 0 radical (unpaired) electrons. The number of rotatable bonds is 8. The minimum Gasteiger partial charge on any atom is -0.481 e. The molecule has 1 unspecified atom stereocenters. The molecule has 1 aliphatic carbocycles. The molecule has 0 bridgehead atoms. The van der Waals surface area contributed by atoms with Gasteiger partial charge in [0.25, 0.3) is 5.91 Å². The number of carbonyl (C=O) groups excluding carboxylic acids is 1. The monoisotopic (exact) mass is 365 g/mol. The Labute approximate surface area is 161 Å². The lowest BCUT2D eigenvalue weighted by Crippen LogP contribution is -2.63. The standard InChI is InChI=1S/C22H27N3O2/c1-17(27-21-5-3-2-4-6-21)22(26)25-15-20(16-25)24(13-18-7-8-18)14-19-9-11-23-12-10-19/h2-6,9-12,17-18,20H,7-8,13-16H2,1H3. The van der Waals surface area contributed by atoms with Gasteiger partial charge in [-0.25, -0.2) is 0 Å². The third-order valence-corrected chi connectivity index (χ3v) is 5.42. The second kappa shape index (κ2) is 8.09. The summed E-state index contributed by atoms with van der Waals surface area (Å²) in [6.07, 6.45) is 5.92. The Morgan fingerprint density at radius 3 is 2.56 bits per heavy atom. The highest BCUT2D eigenvalue weighted by atomic mass is 16.5. The predicted octanol–water partition coefficient (Wildman–Crippen LogP) is 2.97. The molecule has 5 heteroatoms. The summed E-state index contributed by atoms with van der Waals surface area (Å²) < 4.78 is 5.79. The predicted molar refractivity (Wildman–Crippen MR) is 104 cm³/mol. The lowest BCUT2D eigenvalue weighted by molar-refractivity contribution is -0.145. The van der Waals surface area contributed by atoms with Crippen molar-refractivity contribution in [2.45, 2.75) is 38.5 Å². The molecule has 0 spiro atoms. The molecule has 1 amide bonds. The maximum atomic E-state index is 12.7. The van der Waals surface area contributed by atoms with Crippen LogP contribution in [0.3, 0.4) is 0 Å². The molecule has 5 nitrogen and oxygen atoms in total. The molecule has 2 heterocycles. The fourth-order valence-electron chi connectivity index (χ4n) is 3.57. The van der Waals surface area contributed by atoms with E-state index in [9.17, 15) is 4.79 Å². The van der Waals surface area contributed by atoms with Crippen LogP contribution in [-0.4, -0.2) is 52.5 Å². The summed E-state index contributed by atoms with van der Waals surface area (Å²) in [5.41, 5.74) is 1.29. The first-order valence-corrected chi connectivity index (χ1v) is 9.82. The molecule has 1 atom stereocenters. The molecule has 4 rings (SSSR count). The molecule has 2 aromatic rings. The van der Waals surface area contributed by atoms with Crippen molar-refractivity contribution in [2.75, 3.05) is 19.6 Å². The average molecular weight is 365 g/mol. The number of carbonyl (C=O) groups is 1. The minimum atomic E-state index is -0.453. The summed E-state index contributed by atoms with van der Waals surface area (Å²) in [5, 5.41) is 0. The van der Waals surface area contributed by atoms with Crippen molar-refractivity contribution in [3.05, 3.63) is 60.4 Å². The molecule has 0 N–H and O–H groups in total. The van der Waals surface area contributed by atoms with E-state index in [0.717, 1.165) is 37.8 Å². The molecule has 1 saturated heterocycles. The number of likely N-dealkylation sites (tertiary alicyclic amines) is 1. The van der Waals surface area contributed by atoms with E-state index in [1.165, 1.54) is 18.4 Å². The molecular weight excluding hydrogens is 338 g/mol. The highest BCUT2D eigenvalue weighted by molar-refractivity contribution is 5.81. The van der Waals surface area contributed by atoms with Crippen LogP contribution in [0, 0.1) is 5.92 Å².